The number of hydrogen-bond acceptors (Lipinski definition) is 3. The SMILES string of the molecule is CC(=O)NNC(=O)CNc1ccc(I)cc1. The molecule has 0 spiro atoms. The molecule has 1 rings (SSSR count). The summed E-state index contributed by atoms with van der Waals surface area (Å²) in [6.07, 6.45) is 0. The largest absolute Gasteiger partial charge is 0.376 e. The van der Waals surface area contributed by atoms with Crippen molar-refractivity contribution in [2.45, 2.75) is 6.92 Å². The number of halogens is 1. The predicted molar refractivity (Wildman–Crippen MR) is 69.6 cm³/mol. The van der Waals surface area contributed by atoms with Crippen LogP contribution in [0.3, 0.4) is 0 Å². The van der Waals surface area contributed by atoms with Crippen LogP contribution < -0.4 is 16.2 Å². The van der Waals surface area contributed by atoms with Crippen LogP contribution in [0.4, 0.5) is 5.69 Å². The molecule has 16 heavy (non-hydrogen) atoms. The highest BCUT2D eigenvalue weighted by atomic mass is 127. The average molecular weight is 333 g/mol. The third kappa shape index (κ3) is 4.96. The minimum Gasteiger partial charge on any atom is -0.376 e. The van der Waals surface area contributed by atoms with Gasteiger partial charge >= 0.3 is 0 Å². The van der Waals surface area contributed by atoms with E-state index in [9.17, 15) is 9.59 Å². The fraction of sp³-hybridized carbons (Fsp3) is 0.200. The van der Waals surface area contributed by atoms with E-state index in [1.165, 1.54) is 6.92 Å². The summed E-state index contributed by atoms with van der Waals surface area (Å²) in [6, 6.07) is 7.64. The van der Waals surface area contributed by atoms with E-state index in [-0.39, 0.29) is 18.4 Å². The minimum absolute atomic E-state index is 0.112. The van der Waals surface area contributed by atoms with Gasteiger partial charge in [-0.2, -0.15) is 0 Å². The lowest BCUT2D eigenvalue weighted by molar-refractivity contribution is -0.126. The Bertz CT molecular complexity index is 378. The second kappa shape index (κ2) is 6.31. The summed E-state index contributed by atoms with van der Waals surface area (Å²) in [7, 11) is 0. The molecule has 86 valence electrons. The lowest BCUT2D eigenvalue weighted by Crippen LogP contribution is -2.43. The third-order valence-electron chi connectivity index (χ3n) is 1.68. The summed E-state index contributed by atoms with van der Waals surface area (Å²) in [5.74, 6) is -0.601. The molecule has 0 aliphatic heterocycles. The second-order valence-corrected chi connectivity index (χ2v) is 4.34. The lowest BCUT2D eigenvalue weighted by Gasteiger charge is -2.07. The van der Waals surface area contributed by atoms with E-state index in [1.807, 2.05) is 24.3 Å². The van der Waals surface area contributed by atoms with Gasteiger partial charge in [0, 0.05) is 16.2 Å². The van der Waals surface area contributed by atoms with Gasteiger partial charge in [0.05, 0.1) is 6.54 Å². The Labute approximate surface area is 107 Å². The molecule has 0 heterocycles. The van der Waals surface area contributed by atoms with Gasteiger partial charge in [-0.05, 0) is 46.9 Å². The topological polar surface area (TPSA) is 70.2 Å². The number of anilines is 1. The molecule has 0 saturated heterocycles. The van der Waals surface area contributed by atoms with Crippen molar-refractivity contribution in [2.75, 3.05) is 11.9 Å². The molecule has 0 bridgehead atoms. The smallest absolute Gasteiger partial charge is 0.257 e. The van der Waals surface area contributed by atoms with Crippen LogP contribution >= 0.6 is 22.6 Å². The molecule has 5 nitrogen and oxygen atoms in total. The van der Waals surface area contributed by atoms with Crippen LogP contribution in [0.1, 0.15) is 6.92 Å². The van der Waals surface area contributed by atoms with Crippen molar-refractivity contribution in [2.24, 2.45) is 0 Å². The zero-order valence-corrected chi connectivity index (χ0v) is 10.9. The first kappa shape index (κ1) is 12.8. The highest BCUT2D eigenvalue weighted by Crippen LogP contribution is 2.10. The molecule has 3 N–H and O–H groups in total. The molecule has 1 aromatic rings. The van der Waals surface area contributed by atoms with Crippen molar-refractivity contribution >= 4 is 40.1 Å². The standard InChI is InChI=1S/C10H12IN3O2/c1-7(15)13-14-10(16)6-12-9-4-2-8(11)3-5-9/h2-5,12H,6H2,1H3,(H,13,15)(H,14,16). The predicted octanol–water partition coefficient (Wildman–Crippen LogP) is 0.870. The Morgan fingerprint density at radius 2 is 1.81 bits per heavy atom. The van der Waals surface area contributed by atoms with Crippen molar-refractivity contribution in [3.05, 3.63) is 27.8 Å². The number of rotatable bonds is 3. The molecule has 2 amide bonds. The molecule has 0 saturated carbocycles. The van der Waals surface area contributed by atoms with Crippen LogP contribution in [0, 0.1) is 3.57 Å². The Morgan fingerprint density at radius 3 is 2.38 bits per heavy atom. The minimum atomic E-state index is -0.303. The Morgan fingerprint density at radius 1 is 1.19 bits per heavy atom. The summed E-state index contributed by atoms with van der Waals surface area (Å²) in [5, 5.41) is 2.93. The van der Waals surface area contributed by atoms with Gasteiger partial charge in [0.2, 0.25) is 5.91 Å². The number of amides is 2. The summed E-state index contributed by atoms with van der Waals surface area (Å²) in [5.41, 5.74) is 5.33. The maximum atomic E-state index is 11.2. The van der Waals surface area contributed by atoms with Crippen molar-refractivity contribution in [3.63, 3.8) is 0 Å². The van der Waals surface area contributed by atoms with Crippen LogP contribution in [0.5, 0.6) is 0 Å². The molecular formula is C10H12IN3O2. The van der Waals surface area contributed by atoms with Gasteiger partial charge in [0.25, 0.3) is 5.91 Å². The number of carbonyl (C=O) groups is 2. The van der Waals surface area contributed by atoms with Crippen LogP contribution in [-0.4, -0.2) is 18.4 Å². The Balaban J connectivity index is 2.31. The number of benzene rings is 1. The Hall–Kier alpha value is -1.31. The quantitative estimate of drug-likeness (QED) is 0.568. The van der Waals surface area contributed by atoms with Crippen LogP contribution in [-0.2, 0) is 9.59 Å². The number of nitrogens with one attached hydrogen (secondary N) is 3. The fourth-order valence-electron chi connectivity index (χ4n) is 0.952. The number of carbonyl (C=O) groups excluding carboxylic acids is 2. The molecule has 0 aliphatic rings. The first-order valence-electron chi connectivity index (χ1n) is 4.63. The van der Waals surface area contributed by atoms with Gasteiger partial charge in [-0.3, -0.25) is 20.4 Å². The molecule has 1 aromatic carbocycles. The zero-order chi connectivity index (χ0) is 12.0. The van der Waals surface area contributed by atoms with E-state index in [0.29, 0.717) is 0 Å². The molecule has 0 radical (unpaired) electrons. The molecule has 0 aliphatic carbocycles. The van der Waals surface area contributed by atoms with Crippen LogP contribution in [0.2, 0.25) is 0 Å². The van der Waals surface area contributed by atoms with Crippen molar-refractivity contribution in [3.8, 4) is 0 Å². The summed E-state index contributed by atoms with van der Waals surface area (Å²) in [4.78, 5) is 21.7. The van der Waals surface area contributed by atoms with Crippen molar-refractivity contribution < 1.29 is 9.59 Å². The molecule has 0 aromatic heterocycles. The van der Waals surface area contributed by atoms with Crippen molar-refractivity contribution in [1.82, 2.24) is 10.9 Å². The highest BCUT2D eigenvalue weighted by Gasteiger charge is 2.00. The van der Waals surface area contributed by atoms with Gasteiger partial charge in [-0.1, -0.05) is 0 Å². The summed E-state index contributed by atoms with van der Waals surface area (Å²) in [6.45, 7) is 1.44. The number of hydrazine groups is 1. The van der Waals surface area contributed by atoms with E-state index >= 15 is 0 Å². The van der Waals surface area contributed by atoms with E-state index in [4.69, 9.17) is 0 Å². The molecular weight excluding hydrogens is 321 g/mol. The monoisotopic (exact) mass is 333 g/mol. The van der Waals surface area contributed by atoms with Crippen LogP contribution in [0.15, 0.2) is 24.3 Å². The normalized spacial score (nSPS) is 9.38. The van der Waals surface area contributed by atoms with Gasteiger partial charge in [-0.25, -0.2) is 0 Å². The molecule has 0 fully saturated rings. The first-order chi connectivity index (χ1) is 7.58. The zero-order valence-electron chi connectivity index (χ0n) is 8.71. The van der Waals surface area contributed by atoms with E-state index in [0.717, 1.165) is 9.26 Å². The lowest BCUT2D eigenvalue weighted by atomic mass is 10.3. The van der Waals surface area contributed by atoms with Crippen molar-refractivity contribution in [1.29, 1.82) is 0 Å². The second-order valence-electron chi connectivity index (χ2n) is 3.09. The van der Waals surface area contributed by atoms with Gasteiger partial charge < -0.3 is 5.32 Å². The van der Waals surface area contributed by atoms with E-state index in [2.05, 4.69) is 38.8 Å². The number of hydrogen-bond donors (Lipinski definition) is 3. The molecule has 0 atom stereocenters. The first-order valence-corrected chi connectivity index (χ1v) is 5.70. The van der Waals surface area contributed by atoms with E-state index < -0.39 is 0 Å². The maximum Gasteiger partial charge on any atom is 0.257 e. The van der Waals surface area contributed by atoms with E-state index in [1.54, 1.807) is 0 Å². The molecule has 0 unspecified atom stereocenters. The maximum absolute atomic E-state index is 11.2. The van der Waals surface area contributed by atoms with Gasteiger partial charge in [0.1, 0.15) is 0 Å². The van der Waals surface area contributed by atoms with Crippen LogP contribution in [0.25, 0.3) is 0 Å². The van der Waals surface area contributed by atoms with Gasteiger partial charge in [-0.15, -0.1) is 0 Å². The summed E-state index contributed by atoms with van der Waals surface area (Å²) < 4.78 is 1.13. The fourth-order valence-corrected chi connectivity index (χ4v) is 1.31. The third-order valence-corrected chi connectivity index (χ3v) is 2.39. The highest BCUT2D eigenvalue weighted by molar-refractivity contribution is 14.1. The average Bonchev–Trinajstić information content (AvgIpc) is 2.25. The van der Waals surface area contributed by atoms with Gasteiger partial charge in [0.15, 0.2) is 0 Å². The molecule has 6 heteroatoms. The Kier molecular flexibility index (Phi) is 5.03. The summed E-state index contributed by atoms with van der Waals surface area (Å²) >= 11 is 2.20.